The Labute approximate surface area is 160 Å². The van der Waals surface area contributed by atoms with Gasteiger partial charge in [-0.3, -0.25) is 9.48 Å². The highest BCUT2D eigenvalue weighted by molar-refractivity contribution is 6.36. The van der Waals surface area contributed by atoms with Gasteiger partial charge < -0.3 is 4.74 Å². The van der Waals surface area contributed by atoms with Crippen LogP contribution in [0.2, 0.25) is 10.0 Å². The SMILES string of the molecule is COC(=O)Cc1cc(C#N)c2c(C)nn(Cc3c(Cl)cccc3Cl)c2c1. The zero-order valence-corrected chi connectivity index (χ0v) is 15.7. The summed E-state index contributed by atoms with van der Waals surface area (Å²) >= 11 is 12.6. The van der Waals surface area contributed by atoms with E-state index in [1.54, 1.807) is 28.9 Å². The standard InChI is InChI=1S/C19H15Cl2N3O2/c1-11-19-13(9-22)6-12(8-18(25)26-2)7-17(19)24(23-11)10-14-15(20)4-3-5-16(14)21/h3-7H,8,10H2,1-2H3. The molecule has 0 unspecified atom stereocenters. The third-order valence-electron chi connectivity index (χ3n) is 4.15. The number of rotatable bonds is 4. The second-order valence-corrected chi connectivity index (χ2v) is 6.66. The number of hydrogen-bond donors (Lipinski definition) is 0. The fraction of sp³-hybridized carbons (Fsp3) is 0.211. The molecule has 0 saturated heterocycles. The van der Waals surface area contributed by atoms with Crippen molar-refractivity contribution in [3.63, 3.8) is 0 Å². The third kappa shape index (κ3) is 3.39. The first kappa shape index (κ1) is 18.2. The summed E-state index contributed by atoms with van der Waals surface area (Å²) in [5.41, 5.74) is 3.38. The lowest BCUT2D eigenvalue weighted by molar-refractivity contribution is -0.139. The first-order chi connectivity index (χ1) is 12.4. The molecule has 5 nitrogen and oxygen atoms in total. The quantitative estimate of drug-likeness (QED) is 0.626. The minimum Gasteiger partial charge on any atom is -0.469 e. The van der Waals surface area contributed by atoms with Crippen molar-refractivity contribution >= 4 is 40.1 Å². The first-order valence-corrected chi connectivity index (χ1v) is 8.60. The van der Waals surface area contributed by atoms with Gasteiger partial charge in [0.15, 0.2) is 0 Å². The van der Waals surface area contributed by atoms with Crippen LogP contribution in [0.15, 0.2) is 30.3 Å². The largest absolute Gasteiger partial charge is 0.469 e. The molecular formula is C19H15Cl2N3O2. The Balaban J connectivity index is 2.16. The number of halogens is 2. The van der Waals surface area contributed by atoms with Crippen molar-refractivity contribution in [2.45, 2.75) is 19.9 Å². The Morgan fingerprint density at radius 1 is 1.31 bits per heavy atom. The monoisotopic (exact) mass is 387 g/mol. The molecule has 132 valence electrons. The van der Waals surface area contributed by atoms with Gasteiger partial charge in [0.05, 0.1) is 42.9 Å². The molecule has 7 heteroatoms. The van der Waals surface area contributed by atoms with Crippen molar-refractivity contribution in [3.8, 4) is 6.07 Å². The van der Waals surface area contributed by atoms with Crippen LogP contribution in [0.1, 0.15) is 22.4 Å². The van der Waals surface area contributed by atoms with Crippen LogP contribution >= 0.6 is 23.2 Å². The summed E-state index contributed by atoms with van der Waals surface area (Å²) in [6.45, 7) is 2.20. The van der Waals surface area contributed by atoms with E-state index in [9.17, 15) is 10.1 Å². The molecule has 0 amide bonds. The highest BCUT2D eigenvalue weighted by Gasteiger charge is 2.16. The summed E-state index contributed by atoms with van der Waals surface area (Å²) < 4.78 is 6.47. The molecule has 1 heterocycles. The molecule has 26 heavy (non-hydrogen) atoms. The molecule has 0 atom stereocenters. The van der Waals surface area contributed by atoms with Crippen LogP contribution < -0.4 is 0 Å². The predicted molar refractivity (Wildman–Crippen MR) is 100 cm³/mol. The van der Waals surface area contributed by atoms with Crippen LogP contribution in [-0.2, 0) is 22.5 Å². The summed E-state index contributed by atoms with van der Waals surface area (Å²) in [6.07, 6.45) is 0.0815. The molecule has 0 aliphatic heterocycles. The average molecular weight is 388 g/mol. The number of aromatic nitrogens is 2. The van der Waals surface area contributed by atoms with E-state index >= 15 is 0 Å². The molecule has 0 fully saturated rings. The van der Waals surface area contributed by atoms with Gasteiger partial charge in [-0.15, -0.1) is 0 Å². The number of carbonyl (C=O) groups is 1. The van der Waals surface area contributed by atoms with Gasteiger partial charge in [0.1, 0.15) is 0 Å². The van der Waals surface area contributed by atoms with Gasteiger partial charge in [-0.1, -0.05) is 29.3 Å². The van der Waals surface area contributed by atoms with Crippen molar-refractivity contribution in [1.29, 1.82) is 5.26 Å². The fourth-order valence-electron chi connectivity index (χ4n) is 2.94. The number of methoxy groups -OCH3 is 1. The molecular weight excluding hydrogens is 373 g/mol. The van der Waals surface area contributed by atoms with Crippen molar-refractivity contribution in [2.24, 2.45) is 0 Å². The van der Waals surface area contributed by atoms with Crippen LogP contribution in [0, 0.1) is 18.3 Å². The van der Waals surface area contributed by atoms with E-state index in [-0.39, 0.29) is 12.4 Å². The molecule has 2 aromatic carbocycles. The lowest BCUT2D eigenvalue weighted by Crippen LogP contribution is -2.06. The molecule has 3 rings (SSSR count). The van der Waals surface area contributed by atoms with Crippen molar-refractivity contribution < 1.29 is 9.53 Å². The zero-order chi connectivity index (χ0) is 18.8. The average Bonchev–Trinajstić information content (AvgIpc) is 2.93. The van der Waals surface area contributed by atoms with Gasteiger partial charge in [0, 0.05) is 21.0 Å². The summed E-state index contributed by atoms with van der Waals surface area (Å²) in [4.78, 5) is 11.6. The van der Waals surface area contributed by atoms with Crippen LogP contribution in [0.4, 0.5) is 0 Å². The molecule has 0 radical (unpaired) electrons. The lowest BCUT2D eigenvalue weighted by Gasteiger charge is -2.09. The topological polar surface area (TPSA) is 67.9 Å². The van der Waals surface area contributed by atoms with Gasteiger partial charge in [0.2, 0.25) is 0 Å². The zero-order valence-electron chi connectivity index (χ0n) is 14.2. The van der Waals surface area contributed by atoms with Gasteiger partial charge in [-0.25, -0.2) is 0 Å². The molecule has 1 aromatic heterocycles. The van der Waals surface area contributed by atoms with Crippen LogP contribution in [0.25, 0.3) is 10.9 Å². The number of esters is 1. The van der Waals surface area contributed by atoms with Gasteiger partial charge >= 0.3 is 5.97 Å². The van der Waals surface area contributed by atoms with Crippen molar-refractivity contribution in [1.82, 2.24) is 9.78 Å². The summed E-state index contributed by atoms with van der Waals surface area (Å²) in [5.74, 6) is -0.370. The smallest absolute Gasteiger partial charge is 0.309 e. The van der Waals surface area contributed by atoms with E-state index in [1.807, 2.05) is 13.0 Å². The second-order valence-electron chi connectivity index (χ2n) is 5.85. The van der Waals surface area contributed by atoms with Gasteiger partial charge in [-0.05, 0) is 36.8 Å². The lowest BCUT2D eigenvalue weighted by atomic mass is 10.0. The maximum absolute atomic E-state index is 11.6. The molecule has 3 aromatic rings. The first-order valence-electron chi connectivity index (χ1n) is 7.84. The van der Waals surface area contributed by atoms with Gasteiger partial charge in [-0.2, -0.15) is 10.4 Å². The second kappa shape index (κ2) is 7.36. The Morgan fingerprint density at radius 2 is 2.00 bits per heavy atom. The van der Waals surface area contributed by atoms with E-state index in [0.29, 0.717) is 27.7 Å². The minimum absolute atomic E-state index is 0.0815. The van der Waals surface area contributed by atoms with Crippen LogP contribution in [-0.4, -0.2) is 22.9 Å². The molecule has 0 bridgehead atoms. The number of ether oxygens (including phenoxy) is 1. The van der Waals surface area contributed by atoms with Crippen molar-refractivity contribution in [3.05, 3.63) is 62.8 Å². The molecule has 0 saturated carbocycles. The maximum atomic E-state index is 11.6. The van der Waals surface area contributed by atoms with Crippen LogP contribution in [0.3, 0.4) is 0 Å². The number of nitrogens with zero attached hydrogens (tertiary/aromatic N) is 3. The van der Waals surface area contributed by atoms with Crippen molar-refractivity contribution in [2.75, 3.05) is 7.11 Å². The highest BCUT2D eigenvalue weighted by Crippen LogP contribution is 2.29. The molecule has 0 aliphatic rings. The molecule has 0 aliphatic carbocycles. The summed E-state index contributed by atoms with van der Waals surface area (Å²) in [6, 6.07) is 11.0. The van der Waals surface area contributed by atoms with E-state index in [0.717, 1.165) is 22.2 Å². The maximum Gasteiger partial charge on any atom is 0.309 e. The number of hydrogen-bond acceptors (Lipinski definition) is 4. The normalized spacial score (nSPS) is 10.7. The van der Waals surface area contributed by atoms with E-state index in [4.69, 9.17) is 27.9 Å². The van der Waals surface area contributed by atoms with E-state index in [1.165, 1.54) is 7.11 Å². The highest BCUT2D eigenvalue weighted by atomic mass is 35.5. The molecule has 0 N–H and O–H groups in total. The molecule has 0 spiro atoms. The Bertz CT molecular complexity index is 1030. The Hall–Kier alpha value is -2.55. The third-order valence-corrected chi connectivity index (χ3v) is 4.86. The predicted octanol–water partition coefficient (Wildman–Crippen LogP) is 4.29. The summed E-state index contributed by atoms with van der Waals surface area (Å²) in [5, 5.41) is 15.9. The summed E-state index contributed by atoms with van der Waals surface area (Å²) in [7, 11) is 1.33. The number of aryl methyl sites for hydroxylation is 1. The Morgan fingerprint density at radius 3 is 2.62 bits per heavy atom. The van der Waals surface area contributed by atoms with Gasteiger partial charge in [0.25, 0.3) is 0 Å². The minimum atomic E-state index is -0.370. The Kier molecular flexibility index (Phi) is 5.17. The number of nitriles is 1. The number of carbonyl (C=O) groups excluding carboxylic acids is 1. The van der Waals surface area contributed by atoms with E-state index < -0.39 is 0 Å². The van der Waals surface area contributed by atoms with E-state index in [2.05, 4.69) is 11.2 Å². The fourth-order valence-corrected chi connectivity index (χ4v) is 3.45. The van der Waals surface area contributed by atoms with Crippen LogP contribution in [0.5, 0.6) is 0 Å². The number of fused-ring (bicyclic) bond motifs is 1. The number of benzene rings is 2.